The van der Waals surface area contributed by atoms with Crippen LogP contribution in [0.3, 0.4) is 0 Å². The van der Waals surface area contributed by atoms with Crippen molar-refractivity contribution in [2.45, 2.75) is 6.54 Å². The average molecular weight is 448 g/mol. The van der Waals surface area contributed by atoms with Gasteiger partial charge in [-0.2, -0.15) is 0 Å². The Balaban J connectivity index is 1.86. The summed E-state index contributed by atoms with van der Waals surface area (Å²) in [6, 6.07) is 11.1. The van der Waals surface area contributed by atoms with Gasteiger partial charge >= 0.3 is 5.69 Å². The lowest BCUT2D eigenvalue weighted by atomic mass is 10.3. The number of nitro groups is 1. The highest BCUT2D eigenvalue weighted by atomic mass is 127. The first-order valence-corrected chi connectivity index (χ1v) is 8.36. The van der Waals surface area contributed by atoms with E-state index in [4.69, 9.17) is 0 Å². The van der Waals surface area contributed by atoms with E-state index in [0.717, 1.165) is 9.13 Å². The standard InChI is InChI=1S/C16H13IN6O2/c17-12-3-5-13(6-4-12)22-16-14(23(24)25)15(20-10-21-16)19-9-11-2-1-7-18-8-11/h1-8,10H,9H2,(H2,19,20,21,22). The zero-order valence-corrected chi connectivity index (χ0v) is 15.0. The van der Waals surface area contributed by atoms with Crippen molar-refractivity contribution < 1.29 is 4.92 Å². The molecule has 0 saturated heterocycles. The number of pyridine rings is 1. The van der Waals surface area contributed by atoms with E-state index in [2.05, 4.69) is 48.2 Å². The quantitative estimate of drug-likeness (QED) is 0.336. The fraction of sp³-hybridized carbons (Fsp3) is 0.0625. The third kappa shape index (κ3) is 4.38. The maximum absolute atomic E-state index is 11.5. The Morgan fingerprint density at radius 2 is 1.88 bits per heavy atom. The summed E-state index contributed by atoms with van der Waals surface area (Å²) in [5.41, 5.74) is 1.40. The van der Waals surface area contributed by atoms with Crippen molar-refractivity contribution in [3.05, 3.63) is 74.4 Å². The summed E-state index contributed by atoms with van der Waals surface area (Å²) in [4.78, 5) is 23.1. The summed E-state index contributed by atoms with van der Waals surface area (Å²) in [6.07, 6.45) is 4.64. The summed E-state index contributed by atoms with van der Waals surface area (Å²) >= 11 is 2.19. The van der Waals surface area contributed by atoms with E-state index in [-0.39, 0.29) is 17.3 Å². The zero-order chi connectivity index (χ0) is 17.6. The summed E-state index contributed by atoms with van der Waals surface area (Å²) in [7, 11) is 0. The second-order valence-corrected chi connectivity index (χ2v) is 6.27. The molecule has 3 aromatic rings. The SMILES string of the molecule is O=[N+]([O-])c1c(NCc2cccnc2)ncnc1Nc1ccc(I)cc1. The molecule has 0 unspecified atom stereocenters. The summed E-state index contributed by atoms with van der Waals surface area (Å²) in [5, 5.41) is 17.5. The Kier molecular flexibility index (Phi) is 5.33. The minimum Gasteiger partial charge on any atom is -0.360 e. The second-order valence-electron chi connectivity index (χ2n) is 5.02. The van der Waals surface area contributed by atoms with Crippen molar-refractivity contribution in [3.8, 4) is 0 Å². The Hall–Kier alpha value is -2.82. The first kappa shape index (κ1) is 17.0. The monoisotopic (exact) mass is 448 g/mol. The first-order valence-electron chi connectivity index (χ1n) is 7.28. The van der Waals surface area contributed by atoms with Crippen LogP contribution in [0.25, 0.3) is 0 Å². The molecule has 25 heavy (non-hydrogen) atoms. The highest BCUT2D eigenvalue weighted by Crippen LogP contribution is 2.31. The maximum Gasteiger partial charge on any atom is 0.353 e. The lowest BCUT2D eigenvalue weighted by molar-refractivity contribution is -0.383. The second kappa shape index (κ2) is 7.83. The van der Waals surface area contributed by atoms with Gasteiger partial charge in [-0.15, -0.1) is 0 Å². The lowest BCUT2D eigenvalue weighted by Gasteiger charge is -2.10. The molecule has 0 fully saturated rings. The van der Waals surface area contributed by atoms with Crippen LogP contribution in [-0.2, 0) is 6.54 Å². The van der Waals surface area contributed by atoms with Crippen molar-refractivity contribution in [2.24, 2.45) is 0 Å². The summed E-state index contributed by atoms with van der Waals surface area (Å²) in [5.74, 6) is 0.284. The Bertz CT molecular complexity index is 874. The van der Waals surface area contributed by atoms with Crippen LogP contribution in [0.2, 0.25) is 0 Å². The molecule has 3 rings (SSSR count). The van der Waals surface area contributed by atoms with Gasteiger partial charge in [0, 0.05) is 28.2 Å². The molecule has 2 heterocycles. The van der Waals surface area contributed by atoms with Crippen LogP contribution in [0.15, 0.2) is 55.1 Å². The van der Waals surface area contributed by atoms with Gasteiger partial charge in [0.1, 0.15) is 6.33 Å². The predicted molar refractivity (Wildman–Crippen MR) is 103 cm³/mol. The average Bonchev–Trinajstić information content (AvgIpc) is 2.62. The number of benzene rings is 1. The number of anilines is 3. The number of nitrogens with one attached hydrogen (secondary N) is 2. The van der Waals surface area contributed by atoms with Crippen LogP contribution in [0.4, 0.5) is 23.0 Å². The van der Waals surface area contributed by atoms with Crippen LogP contribution < -0.4 is 10.6 Å². The fourth-order valence-electron chi connectivity index (χ4n) is 2.13. The van der Waals surface area contributed by atoms with E-state index >= 15 is 0 Å². The van der Waals surface area contributed by atoms with Gasteiger partial charge in [-0.25, -0.2) is 9.97 Å². The van der Waals surface area contributed by atoms with Gasteiger partial charge in [0.15, 0.2) is 0 Å². The van der Waals surface area contributed by atoms with Crippen molar-refractivity contribution in [2.75, 3.05) is 10.6 Å². The number of hydrogen-bond acceptors (Lipinski definition) is 7. The fourth-order valence-corrected chi connectivity index (χ4v) is 2.49. The molecule has 8 nitrogen and oxygen atoms in total. The maximum atomic E-state index is 11.5. The first-order chi connectivity index (χ1) is 12.1. The highest BCUT2D eigenvalue weighted by molar-refractivity contribution is 14.1. The lowest BCUT2D eigenvalue weighted by Crippen LogP contribution is -2.08. The number of hydrogen-bond donors (Lipinski definition) is 2. The van der Waals surface area contributed by atoms with Crippen molar-refractivity contribution >= 4 is 45.6 Å². The normalized spacial score (nSPS) is 10.3. The Labute approximate surface area is 157 Å². The molecule has 0 aliphatic heterocycles. The van der Waals surface area contributed by atoms with Gasteiger partial charge in [0.25, 0.3) is 0 Å². The zero-order valence-electron chi connectivity index (χ0n) is 12.9. The van der Waals surface area contributed by atoms with E-state index in [1.54, 1.807) is 18.5 Å². The van der Waals surface area contributed by atoms with Crippen molar-refractivity contribution in [1.82, 2.24) is 15.0 Å². The molecule has 0 amide bonds. The van der Waals surface area contributed by atoms with Crippen molar-refractivity contribution in [3.63, 3.8) is 0 Å². The van der Waals surface area contributed by atoms with Crippen LogP contribution in [-0.4, -0.2) is 19.9 Å². The van der Waals surface area contributed by atoms with Gasteiger partial charge < -0.3 is 10.6 Å². The summed E-state index contributed by atoms with van der Waals surface area (Å²) in [6.45, 7) is 0.370. The molecule has 0 spiro atoms. The molecule has 0 aliphatic rings. The Morgan fingerprint density at radius 3 is 2.56 bits per heavy atom. The molecule has 126 valence electrons. The predicted octanol–water partition coefficient (Wildman–Crippen LogP) is 3.74. The van der Waals surface area contributed by atoms with E-state index in [0.29, 0.717) is 12.2 Å². The van der Waals surface area contributed by atoms with E-state index < -0.39 is 4.92 Å². The van der Waals surface area contributed by atoms with E-state index in [1.165, 1.54) is 6.33 Å². The van der Waals surface area contributed by atoms with Crippen LogP contribution >= 0.6 is 22.6 Å². The molecular formula is C16H13IN6O2. The van der Waals surface area contributed by atoms with Crippen LogP contribution in [0.1, 0.15) is 5.56 Å². The minimum atomic E-state index is -0.499. The number of aromatic nitrogens is 3. The molecule has 0 saturated carbocycles. The molecule has 0 atom stereocenters. The van der Waals surface area contributed by atoms with E-state index in [1.807, 2.05) is 30.3 Å². The number of nitrogens with zero attached hydrogens (tertiary/aromatic N) is 4. The van der Waals surface area contributed by atoms with Gasteiger partial charge in [0.2, 0.25) is 11.6 Å². The molecule has 0 bridgehead atoms. The Morgan fingerprint density at radius 1 is 1.12 bits per heavy atom. The minimum absolute atomic E-state index is 0.134. The van der Waals surface area contributed by atoms with E-state index in [9.17, 15) is 10.1 Å². The smallest absolute Gasteiger partial charge is 0.353 e. The van der Waals surface area contributed by atoms with Crippen molar-refractivity contribution in [1.29, 1.82) is 0 Å². The van der Waals surface area contributed by atoms with Gasteiger partial charge in [-0.1, -0.05) is 6.07 Å². The molecule has 2 N–H and O–H groups in total. The summed E-state index contributed by atoms with van der Waals surface area (Å²) < 4.78 is 1.07. The molecule has 0 aliphatic carbocycles. The van der Waals surface area contributed by atoms with Gasteiger partial charge in [0.05, 0.1) is 4.92 Å². The van der Waals surface area contributed by atoms with Crippen LogP contribution in [0.5, 0.6) is 0 Å². The largest absolute Gasteiger partial charge is 0.360 e. The number of rotatable bonds is 6. The molecule has 0 radical (unpaired) electrons. The third-order valence-corrected chi connectivity index (χ3v) is 4.01. The van der Waals surface area contributed by atoms with Crippen LogP contribution in [0, 0.1) is 13.7 Å². The highest BCUT2D eigenvalue weighted by Gasteiger charge is 2.23. The topological polar surface area (TPSA) is 106 Å². The van der Waals surface area contributed by atoms with Gasteiger partial charge in [-0.3, -0.25) is 15.1 Å². The molecule has 9 heteroatoms. The molecular weight excluding hydrogens is 435 g/mol. The van der Waals surface area contributed by atoms with Gasteiger partial charge in [-0.05, 0) is 58.5 Å². The molecule has 1 aromatic carbocycles. The number of halogens is 1. The molecule has 2 aromatic heterocycles. The third-order valence-electron chi connectivity index (χ3n) is 3.29.